The van der Waals surface area contributed by atoms with Gasteiger partial charge in [0, 0.05) is 4.88 Å². The van der Waals surface area contributed by atoms with Crippen molar-refractivity contribution in [1.29, 1.82) is 0 Å². The number of anilines is 1. The first-order valence-corrected chi connectivity index (χ1v) is 10.5. The zero-order chi connectivity index (χ0) is 18.5. The summed E-state index contributed by atoms with van der Waals surface area (Å²) < 4.78 is 0. The SMILES string of the molecule is CCC(C)(C)[C@@H]1CCc2c(sc3c2C(=O)N[C@@H](c2ccc(C)cc2)N3)C1. The summed E-state index contributed by atoms with van der Waals surface area (Å²) in [5.74, 6) is 0.783. The van der Waals surface area contributed by atoms with Crippen molar-refractivity contribution in [3.63, 3.8) is 0 Å². The molecule has 0 fully saturated rings. The van der Waals surface area contributed by atoms with Crippen molar-refractivity contribution in [3.8, 4) is 0 Å². The van der Waals surface area contributed by atoms with Crippen molar-refractivity contribution in [1.82, 2.24) is 5.32 Å². The number of benzene rings is 1. The second kappa shape index (κ2) is 6.41. The average Bonchev–Trinajstić information content (AvgIpc) is 3.00. The lowest BCUT2D eigenvalue weighted by Gasteiger charge is -2.36. The molecule has 0 spiro atoms. The molecule has 1 aromatic carbocycles. The fraction of sp³-hybridized carbons (Fsp3) is 0.500. The maximum Gasteiger partial charge on any atom is 0.256 e. The Hall–Kier alpha value is -1.81. The zero-order valence-electron chi connectivity index (χ0n) is 16.1. The second-order valence-electron chi connectivity index (χ2n) is 8.45. The highest BCUT2D eigenvalue weighted by atomic mass is 32.1. The van der Waals surface area contributed by atoms with E-state index in [1.54, 1.807) is 11.3 Å². The Labute approximate surface area is 160 Å². The van der Waals surface area contributed by atoms with Gasteiger partial charge in [0.2, 0.25) is 0 Å². The third kappa shape index (κ3) is 2.94. The molecule has 2 aliphatic rings. The molecule has 0 saturated carbocycles. The molecule has 1 aliphatic heterocycles. The lowest BCUT2D eigenvalue weighted by atomic mass is 9.69. The number of carbonyl (C=O) groups is 1. The van der Waals surface area contributed by atoms with Gasteiger partial charge >= 0.3 is 0 Å². The Morgan fingerprint density at radius 3 is 2.62 bits per heavy atom. The molecule has 0 radical (unpaired) electrons. The van der Waals surface area contributed by atoms with Crippen LogP contribution in [0.5, 0.6) is 0 Å². The molecule has 2 heterocycles. The molecule has 2 atom stereocenters. The maximum atomic E-state index is 12.9. The molecule has 1 aromatic heterocycles. The number of amides is 1. The second-order valence-corrected chi connectivity index (χ2v) is 9.56. The molecule has 2 aromatic rings. The third-order valence-corrected chi connectivity index (χ3v) is 7.66. The van der Waals surface area contributed by atoms with Gasteiger partial charge < -0.3 is 10.6 Å². The highest BCUT2D eigenvalue weighted by Crippen LogP contribution is 2.46. The lowest BCUT2D eigenvalue weighted by molar-refractivity contribution is 0.0934. The van der Waals surface area contributed by atoms with Gasteiger partial charge in [0.15, 0.2) is 0 Å². The molecule has 0 unspecified atom stereocenters. The number of hydrogen-bond donors (Lipinski definition) is 2. The first kappa shape index (κ1) is 17.6. The van der Waals surface area contributed by atoms with Gasteiger partial charge in [-0.05, 0) is 48.6 Å². The number of nitrogens with one attached hydrogen (secondary N) is 2. The summed E-state index contributed by atoms with van der Waals surface area (Å²) in [4.78, 5) is 14.3. The standard InChI is InChI=1S/C22H28N2OS/c1-5-22(3,4)15-10-11-16-17(12-15)26-21-18(16)20(25)23-19(24-21)14-8-6-13(2)7-9-14/h6-9,15,19,24H,5,10-12H2,1-4H3,(H,23,25)/t15-,19-/m1/s1. The fourth-order valence-corrected chi connectivity index (χ4v) is 5.53. The summed E-state index contributed by atoms with van der Waals surface area (Å²) in [7, 11) is 0. The first-order chi connectivity index (χ1) is 12.4. The normalized spacial score (nSPS) is 22.2. The van der Waals surface area contributed by atoms with Crippen LogP contribution in [0, 0.1) is 18.3 Å². The topological polar surface area (TPSA) is 41.1 Å². The van der Waals surface area contributed by atoms with Crippen LogP contribution in [0.15, 0.2) is 24.3 Å². The summed E-state index contributed by atoms with van der Waals surface area (Å²) in [5, 5.41) is 7.78. The summed E-state index contributed by atoms with van der Waals surface area (Å²) >= 11 is 1.80. The van der Waals surface area contributed by atoms with Crippen molar-refractivity contribution in [2.24, 2.45) is 11.3 Å². The van der Waals surface area contributed by atoms with Crippen LogP contribution in [0.4, 0.5) is 5.00 Å². The molecule has 1 aliphatic carbocycles. The number of rotatable bonds is 3. The molecule has 1 amide bonds. The van der Waals surface area contributed by atoms with Crippen molar-refractivity contribution >= 4 is 22.2 Å². The van der Waals surface area contributed by atoms with E-state index in [1.807, 2.05) is 0 Å². The number of fused-ring (bicyclic) bond motifs is 3. The zero-order valence-corrected chi connectivity index (χ0v) is 16.9. The molecule has 0 bridgehead atoms. The van der Waals surface area contributed by atoms with Crippen LogP contribution in [-0.2, 0) is 12.8 Å². The summed E-state index contributed by atoms with van der Waals surface area (Å²) in [6.45, 7) is 9.13. The smallest absolute Gasteiger partial charge is 0.256 e. The largest absolute Gasteiger partial charge is 0.353 e. The van der Waals surface area contributed by atoms with E-state index in [0.29, 0.717) is 11.3 Å². The summed E-state index contributed by atoms with van der Waals surface area (Å²) in [5.41, 5.74) is 4.89. The molecule has 4 rings (SSSR count). The van der Waals surface area contributed by atoms with Crippen LogP contribution in [0.3, 0.4) is 0 Å². The van der Waals surface area contributed by atoms with Crippen molar-refractivity contribution in [3.05, 3.63) is 51.4 Å². The Morgan fingerprint density at radius 2 is 1.92 bits per heavy atom. The van der Waals surface area contributed by atoms with Gasteiger partial charge in [0.1, 0.15) is 11.2 Å². The molecular weight excluding hydrogens is 340 g/mol. The highest BCUT2D eigenvalue weighted by Gasteiger charge is 2.37. The van der Waals surface area contributed by atoms with Gasteiger partial charge in [-0.15, -0.1) is 11.3 Å². The number of carbonyl (C=O) groups excluding carboxylic acids is 1. The van der Waals surface area contributed by atoms with E-state index in [1.165, 1.54) is 28.8 Å². The monoisotopic (exact) mass is 368 g/mol. The van der Waals surface area contributed by atoms with Gasteiger partial charge in [-0.1, -0.05) is 57.0 Å². The van der Waals surface area contributed by atoms with E-state index in [4.69, 9.17) is 0 Å². The van der Waals surface area contributed by atoms with Gasteiger partial charge in [-0.3, -0.25) is 4.79 Å². The van der Waals surface area contributed by atoms with E-state index >= 15 is 0 Å². The van der Waals surface area contributed by atoms with Crippen LogP contribution in [0.1, 0.15) is 71.7 Å². The van der Waals surface area contributed by atoms with Gasteiger partial charge in [0.05, 0.1) is 5.56 Å². The van der Waals surface area contributed by atoms with E-state index < -0.39 is 0 Å². The lowest BCUT2D eigenvalue weighted by Crippen LogP contribution is -2.38. The Morgan fingerprint density at radius 1 is 1.19 bits per heavy atom. The van der Waals surface area contributed by atoms with E-state index in [2.05, 4.69) is 62.6 Å². The molecule has 4 heteroatoms. The molecule has 26 heavy (non-hydrogen) atoms. The number of aryl methyl sites for hydroxylation is 1. The van der Waals surface area contributed by atoms with E-state index in [9.17, 15) is 4.79 Å². The van der Waals surface area contributed by atoms with Crippen LogP contribution < -0.4 is 10.6 Å². The fourth-order valence-electron chi connectivity index (χ4n) is 4.18. The van der Waals surface area contributed by atoms with Crippen molar-refractivity contribution in [2.45, 2.75) is 59.5 Å². The minimum atomic E-state index is -0.140. The Bertz CT molecular complexity index is 835. The Balaban J connectivity index is 1.63. The summed E-state index contributed by atoms with van der Waals surface area (Å²) in [6.07, 6.45) is 4.38. The van der Waals surface area contributed by atoms with Crippen LogP contribution in [0.25, 0.3) is 0 Å². The molecular formula is C22H28N2OS. The van der Waals surface area contributed by atoms with Gasteiger partial charge in [0.25, 0.3) is 5.91 Å². The number of hydrogen-bond acceptors (Lipinski definition) is 3. The minimum Gasteiger partial charge on any atom is -0.353 e. The first-order valence-electron chi connectivity index (χ1n) is 9.67. The quantitative estimate of drug-likeness (QED) is 0.756. The maximum absolute atomic E-state index is 12.9. The van der Waals surface area contributed by atoms with Crippen molar-refractivity contribution < 1.29 is 4.79 Å². The minimum absolute atomic E-state index is 0.0787. The third-order valence-electron chi connectivity index (χ3n) is 6.47. The molecule has 0 saturated heterocycles. The Kier molecular flexibility index (Phi) is 4.34. The summed E-state index contributed by atoms with van der Waals surface area (Å²) in [6, 6.07) is 8.36. The molecule has 2 N–H and O–H groups in total. The molecule has 138 valence electrons. The van der Waals surface area contributed by atoms with Crippen LogP contribution in [-0.4, -0.2) is 5.91 Å². The predicted octanol–water partition coefficient (Wildman–Crippen LogP) is 5.45. The van der Waals surface area contributed by atoms with Gasteiger partial charge in [-0.25, -0.2) is 0 Å². The molecule has 3 nitrogen and oxygen atoms in total. The highest BCUT2D eigenvalue weighted by molar-refractivity contribution is 7.16. The van der Waals surface area contributed by atoms with Crippen LogP contribution in [0.2, 0.25) is 0 Å². The van der Waals surface area contributed by atoms with E-state index in [-0.39, 0.29) is 12.1 Å². The van der Waals surface area contributed by atoms with E-state index in [0.717, 1.165) is 29.0 Å². The average molecular weight is 369 g/mol. The van der Waals surface area contributed by atoms with Gasteiger partial charge in [-0.2, -0.15) is 0 Å². The number of thiophene rings is 1. The van der Waals surface area contributed by atoms with Crippen molar-refractivity contribution in [2.75, 3.05) is 5.32 Å². The van der Waals surface area contributed by atoms with Crippen LogP contribution >= 0.6 is 11.3 Å². The predicted molar refractivity (Wildman–Crippen MR) is 109 cm³/mol.